The molecular formula is C16H26. The number of aryl methyl sites for hydroxylation is 2. The minimum absolute atomic E-state index is 0.325. The van der Waals surface area contributed by atoms with Crippen molar-refractivity contribution >= 4 is 0 Å². The Morgan fingerprint density at radius 2 is 1.50 bits per heavy atom. The molecule has 0 aliphatic carbocycles. The second kappa shape index (κ2) is 5.52. The number of hydrogen-bond acceptors (Lipinski definition) is 0. The maximum Gasteiger partial charge on any atom is -0.0103 e. The Morgan fingerprint density at radius 1 is 0.938 bits per heavy atom. The summed E-state index contributed by atoms with van der Waals surface area (Å²) >= 11 is 0. The molecular weight excluding hydrogens is 192 g/mol. The van der Waals surface area contributed by atoms with E-state index in [2.05, 4.69) is 52.8 Å². The van der Waals surface area contributed by atoms with E-state index in [1.807, 2.05) is 0 Å². The van der Waals surface area contributed by atoms with Crippen molar-refractivity contribution in [3.8, 4) is 0 Å². The van der Waals surface area contributed by atoms with E-state index in [1.165, 1.54) is 42.4 Å². The molecule has 1 aromatic carbocycles. The summed E-state index contributed by atoms with van der Waals surface area (Å²) in [7, 11) is 0. The van der Waals surface area contributed by atoms with Gasteiger partial charge in [-0.3, -0.25) is 0 Å². The third kappa shape index (κ3) is 3.66. The second-order valence-electron chi connectivity index (χ2n) is 5.72. The van der Waals surface area contributed by atoms with Crippen molar-refractivity contribution in [3.63, 3.8) is 0 Å². The van der Waals surface area contributed by atoms with E-state index in [0.29, 0.717) is 5.41 Å². The summed E-state index contributed by atoms with van der Waals surface area (Å²) in [6.45, 7) is 11.4. The molecule has 0 aliphatic rings. The molecule has 0 amide bonds. The van der Waals surface area contributed by atoms with Crippen molar-refractivity contribution in [2.75, 3.05) is 0 Å². The Bertz CT molecular complexity index is 314. The van der Waals surface area contributed by atoms with E-state index >= 15 is 0 Å². The fourth-order valence-electron chi connectivity index (χ4n) is 2.33. The van der Waals surface area contributed by atoms with Crippen molar-refractivity contribution in [2.24, 2.45) is 0 Å². The SMILES string of the molecule is CCCCCC(C)(C)c1cc(C)cc(C)c1. The van der Waals surface area contributed by atoms with Gasteiger partial charge in [0.1, 0.15) is 0 Å². The first-order valence-electron chi connectivity index (χ1n) is 6.54. The molecule has 0 fully saturated rings. The highest BCUT2D eigenvalue weighted by molar-refractivity contribution is 5.33. The molecule has 0 spiro atoms. The zero-order valence-corrected chi connectivity index (χ0v) is 11.6. The van der Waals surface area contributed by atoms with Gasteiger partial charge in [0.2, 0.25) is 0 Å². The maximum atomic E-state index is 2.37. The molecule has 0 unspecified atom stereocenters. The van der Waals surface area contributed by atoms with Gasteiger partial charge in [-0.1, -0.05) is 69.4 Å². The summed E-state index contributed by atoms with van der Waals surface area (Å²) in [4.78, 5) is 0. The minimum Gasteiger partial charge on any atom is -0.0654 e. The number of hydrogen-bond donors (Lipinski definition) is 0. The number of benzene rings is 1. The molecule has 0 atom stereocenters. The Labute approximate surface area is 101 Å². The lowest BCUT2D eigenvalue weighted by Gasteiger charge is -2.26. The van der Waals surface area contributed by atoms with Crippen molar-refractivity contribution in [2.45, 2.75) is 65.7 Å². The molecule has 0 bridgehead atoms. The molecule has 0 saturated carbocycles. The third-order valence-electron chi connectivity index (χ3n) is 3.41. The van der Waals surface area contributed by atoms with Gasteiger partial charge in [-0.15, -0.1) is 0 Å². The van der Waals surface area contributed by atoms with Crippen molar-refractivity contribution in [1.29, 1.82) is 0 Å². The highest BCUT2D eigenvalue weighted by Gasteiger charge is 2.20. The van der Waals surface area contributed by atoms with Crippen LogP contribution in [0.4, 0.5) is 0 Å². The molecule has 0 radical (unpaired) electrons. The Balaban J connectivity index is 2.80. The fourth-order valence-corrected chi connectivity index (χ4v) is 2.33. The van der Waals surface area contributed by atoms with Crippen LogP contribution in [0.3, 0.4) is 0 Å². The maximum absolute atomic E-state index is 2.37. The molecule has 0 nitrogen and oxygen atoms in total. The second-order valence-corrected chi connectivity index (χ2v) is 5.72. The third-order valence-corrected chi connectivity index (χ3v) is 3.41. The van der Waals surface area contributed by atoms with Crippen LogP contribution in [0.25, 0.3) is 0 Å². The van der Waals surface area contributed by atoms with Gasteiger partial charge in [0.15, 0.2) is 0 Å². The molecule has 1 rings (SSSR count). The van der Waals surface area contributed by atoms with Crippen LogP contribution in [0.15, 0.2) is 18.2 Å². The van der Waals surface area contributed by atoms with Crippen molar-refractivity contribution in [3.05, 3.63) is 34.9 Å². The molecule has 0 N–H and O–H groups in total. The van der Waals surface area contributed by atoms with Crippen molar-refractivity contribution in [1.82, 2.24) is 0 Å². The van der Waals surface area contributed by atoms with Gasteiger partial charge >= 0.3 is 0 Å². The fraction of sp³-hybridized carbons (Fsp3) is 0.625. The van der Waals surface area contributed by atoms with Crippen molar-refractivity contribution < 1.29 is 0 Å². The highest BCUT2D eigenvalue weighted by Crippen LogP contribution is 2.30. The summed E-state index contributed by atoms with van der Waals surface area (Å²) in [5.74, 6) is 0. The first-order valence-corrected chi connectivity index (χ1v) is 6.54. The van der Waals surface area contributed by atoms with Gasteiger partial charge < -0.3 is 0 Å². The van der Waals surface area contributed by atoms with Crippen LogP contribution in [0, 0.1) is 13.8 Å². The first-order chi connectivity index (χ1) is 7.45. The van der Waals surface area contributed by atoms with Gasteiger partial charge in [-0.25, -0.2) is 0 Å². The zero-order chi connectivity index (χ0) is 12.2. The van der Waals surface area contributed by atoms with Crippen LogP contribution in [0.5, 0.6) is 0 Å². The van der Waals surface area contributed by atoms with Crippen LogP contribution in [0.2, 0.25) is 0 Å². The number of rotatable bonds is 5. The quantitative estimate of drug-likeness (QED) is 0.599. The lowest BCUT2D eigenvalue weighted by atomic mass is 9.79. The summed E-state index contributed by atoms with van der Waals surface area (Å²) in [5, 5.41) is 0. The largest absolute Gasteiger partial charge is 0.0654 e. The molecule has 1 aromatic rings. The molecule has 90 valence electrons. The monoisotopic (exact) mass is 218 g/mol. The van der Waals surface area contributed by atoms with Gasteiger partial charge in [-0.2, -0.15) is 0 Å². The van der Waals surface area contributed by atoms with E-state index in [4.69, 9.17) is 0 Å². The van der Waals surface area contributed by atoms with Gasteiger partial charge in [-0.05, 0) is 31.2 Å². The molecule has 0 heteroatoms. The average molecular weight is 218 g/mol. The Morgan fingerprint density at radius 3 is 2.00 bits per heavy atom. The van der Waals surface area contributed by atoms with E-state index in [1.54, 1.807) is 0 Å². The first kappa shape index (κ1) is 13.3. The topological polar surface area (TPSA) is 0 Å². The van der Waals surface area contributed by atoms with E-state index in [9.17, 15) is 0 Å². The Kier molecular flexibility index (Phi) is 4.58. The summed E-state index contributed by atoms with van der Waals surface area (Å²) in [6, 6.07) is 6.95. The summed E-state index contributed by atoms with van der Waals surface area (Å²) in [6.07, 6.45) is 5.30. The predicted molar refractivity (Wildman–Crippen MR) is 73.1 cm³/mol. The molecule has 0 saturated heterocycles. The normalized spacial score (nSPS) is 11.8. The van der Waals surface area contributed by atoms with Gasteiger partial charge in [0.25, 0.3) is 0 Å². The zero-order valence-electron chi connectivity index (χ0n) is 11.6. The average Bonchev–Trinajstić information content (AvgIpc) is 2.16. The van der Waals surface area contributed by atoms with Crippen LogP contribution in [-0.2, 0) is 5.41 Å². The lowest BCUT2D eigenvalue weighted by Crippen LogP contribution is -2.17. The highest BCUT2D eigenvalue weighted by atomic mass is 14.2. The van der Waals surface area contributed by atoms with E-state index in [0.717, 1.165) is 0 Å². The standard InChI is InChI=1S/C16H26/c1-6-7-8-9-16(4,5)15-11-13(2)10-14(3)12-15/h10-12H,6-9H2,1-5H3. The summed E-state index contributed by atoms with van der Waals surface area (Å²) < 4.78 is 0. The molecule has 16 heavy (non-hydrogen) atoms. The molecule has 0 aromatic heterocycles. The van der Waals surface area contributed by atoms with Crippen LogP contribution < -0.4 is 0 Å². The van der Waals surface area contributed by atoms with E-state index < -0.39 is 0 Å². The Hall–Kier alpha value is -0.780. The molecule has 0 heterocycles. The molecule has 0 aliphatic heterocycles. The van der Waals surface area contributed by atoms with Crippen LogP contribution >= 0.6 is 0 Å². The van der Waals surface area contributed by atoms with Crippen LogP contribution in [0.1, 0.15) is 63.1 Å². The summed E-state index contributed by atoms with van der Waals surface area (Å²) in [5.41, 5.74) is 4.60. The number of unbranched alkanes of at least 4 members (excludes halogenated alkanes) is 2. The van der Waals surface area contributed by atoms with Gasteiger partial charge in [0, 0.05) is 0 Å². The predicted octanol–water partition coefficient (Wildman–Crippen LogP) is 5.16. The van der Waals surface area contributed by atoms with Gasteiger partial charge in [0.05, 0.1) is 0 Å². The van der Waals surface area contributed by atoms with E-state index in [-0.39, 0.29) is 0 Å². The van der Waals surface area contributed by atoms with Crippen LogP contribution in [-0.4, -0.2) is 0 Å². The smallest absolute Gasteiger partial charge is 0.0103 e. The minimum atomic E-state index is 0.325. The lowest BCUT2D eigenvalue weighted by molar-refractivity contribution is 0.450.